The molecule has 0 saturated carbocycles. The van der Waals surface area contributed by atoms with Gasteiger partial charge in [-0.2, -0.15) is 4.57 Å². The summed E-state index contributed by atoms with van der Waals surface area (Å²) in [7, 11) is 6.14. The average Bonchev–Trinajstić information content (AvgIpc) is 2.64. The van der Waals surface area contributed by atoms with Gasteiger partial charge < -0.3 is 9.64 Å². The van der Waals surface area contributed by atoms with Gasteiger partial charge in [0, 0.05) is 38.5 Å². The first-order valence-electron chi connectivity index (χ1n) is 6.02. The predicted molar refractivity (Wildman–Crippen MR) is 76.9 cm³/mol. The highest BCUT2D eigenvalue weighted by atomic mass is 32.1. The zero-order chi connectivity index (χ0) is 13.1. The molecule has 4 heteroatoms. The summed E-state index contributed by atoms with van der Waals surface area (Å²) >= 11 is 1.78. The molecule has 0 atom stereocenters. The summed E-state index contributed by atoms with van der Waals surface area (Å²) in [6.07, 6.45) is 4.19. The zero-order valence-corrected chi connectivity index (χ0v) is 12.1. The third-order valence-electron chi connectivity index (χ3n) is 2.66. The lowest BCUT2D eigenvalue weighted by molar-refractivity contribution is -0.642. The molecule has 0 spiro atoms. The highest BCUT2D eigenvalue weighted by molar-refractivity contribution is 7.18. The van der Waals surface area contributed by atoms with Gasteiger partial charge in [-0.3, -0.25) is 0 Å². The first kappa shape index (κ1) is 12.9. The molecule has 96 valence electrons. The number of nitrogens with zero attached hydrogens (tertiary/aromatic N) is 2. The van der Waals surface area contributed by atoms with Crippen molar-refractivity contribution in [3.63, 3.8) is 0 Å². The van der Waals surface area contributed by atoms with E-state index in [1.54, 1.807) is 11.3 Å². The third kappa shape index (κ3) is 2.64. The van der Waals surface area contributed by atoms with Crippen molar-refractivity contribution < 1.29 is 9.30 Å². The number of hydrogen-bond donors (Lipinski definition) is 0. The summed E-state index contributed by atoms with van der Waals surface area (Å²) in [6, 6.07) is 6.25. The van der Waals surface area contributed by atoms with Crippen LogP contribution in [0.4, 0.5) is 0 Å². The molecule has 0 fully saturated rings. The maximum absolute atomic E-state index is 5.53. The molecule has 0 unspecified atom stereocenters. The minimum absolute atomic E-state index is 0.705. The highest BCUT2D eigenvalue weighted by Gasteiger charge is 2.15. The maximum atomic E-state index is 5.53. The Morgan fingerprint density at radius 3 is 2.83 bits per heavy atom. The lowest BCUT2D eigenvalue weighted by Crippen LogP contribution is -2.28. The molecule has 0 radical (unpaired) electrons. The van der Waals surface area contributed by atoms with Gasteiger partial charge in [0.1, 0.15) is 17.5 Å². The second-order valence-corrected chi connectivity index (χ2v) is 5.40. The van der Waals surface area contributed by atoms with Crippen LogP contribution in [0.25, 0.3) is 16.3 Å². The van der Waals surface area contributed by atoms with Gasteiger partial charge in [-0.1, -0.05) is 11.3 Å². The van der Waals surface area contributed by atoms with Crippen molar-refractivity contribution in [3.05, 3.63) is 29.4 Å². The van der Waals surface area contributed by atoms with Crippen LogP contribution in [0.3, 0.4) is 0 Å². The second kappa shape index (κ2) is 5.40. The molecule has 0 aliphatic heterocycles. The van der Waals surface area contributed by atoms with E-state index in [1.807, 2.05) is 32.0 Å². The van der Waals surface area contributed by atoms with Gasteiger partial charge in [-0.25, -0.2) is 0 Å². The number of rotatable bonds is 4. The molecule has 2 rings (SSSR count). The van der Waals surface area contributed by atoms with Gasteiger partial charge in [-0.15, -0.1) is 0 Å². The molecular formula is C14H19N2OS+. The van der Waals surface area contributed by atoms with Crippen molar-refractivity contribution in [2.45, 2.75) is 6.92 Å². The van der Waals surface area contributed by atoms with Crippen molar-refractivity contribution in [1.29, 1.82) is 0 Å². The Balaban J connectivity index is 2.42. The monoisotopic (exact) mass is 263 g/mol. The van der Waals surface area contributed by atoms with Gasteiger partial charge in [-0.05, 0) is 13.0 Å². The van der Waals surface area contributed by atoms with Gasteiger partial charge in [0.25, 0.3) is 5.01 Å². The normalized spacial score (nSPS) is 11.3. The lowest BCUT2D eigenvalue weighted by Gasteiger charge is -2.00. The fraction of sp³-hybridized carbons (Fsp3) is 0.357. The summed E-state index contributed by atoms with van der Waals surface area (Å²) in [5, 5.41) is 1.23. The number of aryl methyl sites for hydroxylation is 1. The molecule has 0 amide bonds. The van der Waals surface area contributed by atoms with Crippen LogP contribution in [0.5, 0.6) is 5.75 Å². The lowest BCUT2D eigenvalue weighted by atomic mass is 10.3. The first-order valence-corrected chi connectivity index (χ1v) is 6.83. The SMILES string of the molecule is CCOc1ccc2c(c1)sc(C=CN(C)C)[n+]2C. The standard InChI is InChI=1S/C14H19N2OS/c1-5-17-11-6-7-12-13(10-11)18-14(16(12)4)8-9-15(2)3/h6-10H,5H2,1-4H3/q+1. The molecular weight excluding hydrogens is 244 g/mol. The van der Waals surface area contributed by atoms with Gasteiger partial charge in [0.15, 0.2) is 0 Å². The Labute approximate surface area is 112 Å². The Morgan fingerprint density at radius 1 is 1.39 bits per heavy atom. The third-order valence-corrected chi connectivity index (χ3v) is 3.83. The largest absolute Gasteiger partial charge is 0.494 e. The molecule has 1 aromatic heterocycles. The van der Waals surface area contributed by atoms with E-state index in [2.05, 4.69) is 36.0 Å². The van der Waals surface area contributed by atoms with E-state index in [1.165, 1.54) is 15.2 Å². The molecule has 3 nitrogen and oxygen atoms in total. The van der Waals surface area contributed by atoms with Crippen LogP contribution in [-0.2, 0) is 7.05 Å². The molecule has 1 heterocycles. The van der Waals surface area contributed by atoms with E-state index in [-0.39, 0.29) is 0 Å². The molecule has 0 saturated heterocycles. The summed E-state index contributed by atoms with van der Waals surface area (Å²) in [5.41, 5.74) is 1.24. The van der Waals surface area contributed by atoms with Crippen LogP contribution < -0.4 is 9.30 Å². The first-order chi connectivity index (χ1) is 8.61. The van der Waals surface area contributed by atoms with E-state index < -0.39 is 0 Å². The predicted octanol–water partition coefficient (Wildman–Crippen LogP) is 2.66. The fourth-order valence-electron chi connectivity index (χ4n) is 1.77. The topological polar surface area (TPSA) is 16.4 Å². The van der Waals surface area contributed by atoms with Crippen LogP contribution in [0.15, 0.2) is 24.4 Å². The van der Waals surface area contributed by atoms with Crippen LogP contribution in [0, 0.1) is 0 Å². The minimum atomic E-state index is 0.705. The number of fused-ring (bicyclic) bond motifs is 1. The molecule has 2 aromatic rings. The number of ether oxygens (including phenoxy) is 1. The number of thiazole rings is 1. The van der Waals surface area contributed by atoms with Crippen molar-refractivity contribution in [2.24, 2.45) is 7.05 Å². The highest BCUT2D eigenvalue weighted by Crippen LogP contribution is 2.25. The Morgan fingerprint density at radius 2 is 2.17 bits per heavy atom. The number of hydrogen-bond acceptors (Lipinski definition) is 3. The number of benzene rings is 1. The van der Waals surface area contributed by atoms with E-state index in [4.69, 9.17) is 4.74 Å². The second-order valence-electron chi connectivity index (χ2n) is 4.34. The summed E-state index contributed by atoms with van der Waals surface area (Å²) in [6.45, 7) is 2.71. The average molecular weight is 263 g/mol. The van der Waals surface area contributed by atoms with Crippen molar-refractivity contribution in [1.82, 2.24) is 4.90 Å². The molecule has 0 aliphatic rings. The van der Waals surface area contributed by atoms with Crippen LogP contribution in [-0.4, -0.2) is 25.6 Å². The van der Waals surface area contributed by atoms with Gasteiger partial charge in [0.05, 0.1) is 6.61 Å². The van der Waals surface area contributed by atoms with E-state index in [0.717, 1.165) is 5.75 Å². The summed E-state index contributed by atoms with van der Waals surface area (Å²) in [4.78, 5) is 2.04. The molecule has 0 aliphatic carbocycles. The van der Waals surface area contributed by atoms with Crippen LogP contribution >= 0.6 is 11.3 Å². The van der Waals surface area contributed by atoms with E-state index >= 15 is 0 Å². The molecule has 0 bridgehead atoms. The van der Waals surface area contributed by atoms with Crippen molar-refractivity contribution >= 4 is 27.6 Å². The molecule has 18 heavy (non-hydrogen) atoms. The summed E-state index contributed by atoms with van der Waals surface area (Å²) in [5.74, 6) is 0.940. The number of aromatic nitrogens is 1. The molecule has 1 aromatic carbocycles. The summed E-state index contributed by atoms with van der Waals surface area (Å²) < 4.78 is 8.99. The van der Waals surface area contributed by atoms with Gasteiger partial charge >= 0.3 is 0 Å². The Kier molecular flexibility index (Phi) is 3.87. The van der Waals surface area contributed by atoms with Crippen LogP contribution in [0.1, 0.15) is 11.9 Å². The zero-order valence-electron chi connectivity index (χ0n) is 11.3. The quantitative estimate of drug-likeness (QED) is 0.789. The van der Waals surface area contributed by atoms with Gasteiger partial charge in [0.2, 0.25) is 5.52 Å². The van der Waals surface area contributed by atoms with E-state index in [9.17, 15) is 0 Å². The minimum Gasteiger partial charge on any atom is -0.494 e. The van der Waals surface area contributed by atoms with Crippen LogP contribution in [0.2, 0.25) is 0 Å². The Hall–Kier alpha value is -1.55. The van der Waals surface area contributed by atoms with Crippen molar-refractivity contribution in [2.75, 3.05) is 20.7 Å². The maximum Gasteiger partial charge on any atom is 0.263 e. The van der Waals surface area contributed by atoms with Crippen molar-refractivity contribution in [3.8, 4) is 5.75 Å². The molecule has 0 N–H and O–H groups in total. The van der Waals surface area contributed by atoms with E-state index in [0.29, 0.717) is 6.61 Å². The fourth-order valence-corrected chi connectivity index (χ4v) is 2.84. The Bertz CT molecular complexity index is 572. The smallest absolute Gasteiger partial charge is 0.263 e.